The summed E-state index contributed by atoms with van der Waals surface area (Å²) in [5.41, 5.74) is 1.14. The monoisotopic (exact) mass is 278 g/mol. The first kappa shape index (κ1) is 15.3. The Kier molecular flexibility index (Phi) is 5.40. The molecule has 112 valence electrons. The molecule has 1 saturated heterocycles. The van der Waals surface area contributed by atoms with Crippen LogP contribution in [0.1, 0.15) is 25.8 Å². The van der Waals surface area contributed by atoms with Gasteiger partial charge in [-0.3, -0.25) is 9.80 Å². The third kappa shape index (κ3) is 3.95. The maximum atomic E-state index is 9.53. The molecule has 0 bridgehead atoms. The highest BCUT2D eigenvalue weighted by molar-refractivity contribution is 5.27. The minimum absolute atomic E-state index is 0.244. The van der Waals surface area contributed by atoms with Gasteiger partial charge in [0.05, 0.1) is 0 Å². The number of nitrogens with zero attached hydrogens (tertiary/aromatic N) is 2. The Labute approximate surface area is 121 Å². The molecule has 1 aromatic carbocycles. The van der Waals surface area contributed by atoms with Gasteiger partial charge in [0.1, 0.15) is 5.75 Å². The maximum Gasteiger partial charge on any atom is 0.115 e. The highest BCUT2D eigenvalue weighted by Gasteiger charge is 2.28. The highest BCUT2D eigenvalue weighted by atomic mass is 16.3. The van der Waals surface area contributed by atoms with Crippen molar-refractivity contribution in [2.45, 2.75) is 38.9 Å². The molecule has 2 N–H and O–H groups in total. The fourth-order valence-corrected chi connectivity index (χ4v) is 3.08. The van der Waals surface area contributed by atoms with Crippen molar-refractivity contribution in [3.63, 3.8) is 0 Å². The van der Waals surface area contributed by atoms with Crippen molar-refractivity contribution in [1.29, 1.82) is 0 Å². The molecule has 0 aromatic heterocycles. The van der Waals surface area contributed by atoms with Crippen LogP contribution >= 0.6 is 0 Å². The van der Waals surface area contributed by atoms with E-state index < -0.39 is 0 Å². The molecular weight excluding hydrogens is 252 g/mol. The number of aliphatic hydroxyl groups is 1. The Hall–Kier alpha value is -1.10. The summed E-state index contributed by atoms with van der Waals surface area (Å²) in [7, 11) is 0. The van der Waals surface area contributed by atoms with E-state index in [2.05, 4.69) is 29.7 Å². The van der Waals surface area contributed by atoms with Gasteiger partial charge in [-0.05, 0) is 38.0 Å². The van der Waals surface area contributed by atoms with Gasteiger partial charge in [-0.1, -0.05) is 12.1 Å². The van der Waals surface area contributed by atoms with Gasteiger partial charge in [0.2, 0.25) is 0 Å². The molecule has 1 aromatic rings. The Morgan fingerprint density at radius 2 is 2.10 bits per heavy atom. The van der Waals surface area contributed by atoms with Crippen LogP contribution in [0.5, 0.6) is 5.75 Å². The molecule has 0 radical (unpaired) electrons. The number of aliphatic hydroxyl groups excluding tert-OH is 1. The normalized spacial score (nSPS) is 21.5. The summed E-state index contributed by atoms with van der Waals surface area (Å²) in [5, 5.41) is 18.8. The SMILES string of the molecule is CC(C)N1CCN(Cc2cccc(O)c2)CC1CCO. The van der Waals surface area contributed by atoms with Crippen molar-refractivity contribution < 1.29 is 10.2 Å². The van der Waals surface area contributed by atoms with E-state index in [0.717, 1.165) is 38.2 Å². The van der Waals surface area contributed by atoms with Crippen LogP contribution in [0.25, 0.3) is 0 Å². The molecule has 0 spiro atoms. The molecule has 4 nitrogen and oxygen atoms in total. The van der Waals surface area contributed by atoms with E-state index in [1.807, 2.05) is 12.1 Å². The Balaban J connectivity index is 1.97. The smallest absolute Gasteiger partial charge is 0.115 e. The van der Waals surface area contributed by atoms with Gasteiger partial charge >= 0.3 is 0 Å². The summed E-state index contributed by atoms with van der Waals surface area (Å²) >= 11 is 0. The van der Waals surface area contributed by atoms with Crippen molar-refractivity contribution in [3.05, 3.63) is 29.8 Å². The van der Waals surface area contributed by atoms with Crippen LogP contribution in [-0.2, 0) is 6.54 Å². The lowest BCUT2D eigenvalue weighted by molar-refractivity contribution is 0.0349. The molecule has 2 rings (SSSR count). The zero-order valence-electron chi connectivity index (χ0n) is 12.5. The zero-order valence-corrected chi connectivity index (χ0v) is 12.5. The lowest BCUT2D eigenvalue weighted by atomic mass is 10.1. The first-order valence-corrected chi connectivity index (χ1v) is 7.47. The molecule has 0 amide bonds. The molecule has 0 aliphatic carbocycles. The topological polar surface area (TPSA) is 46.9 Å². The fourth-order valence-electron chi connectivity index (χ4n) is 3.08. The number of phenols is 1. The van der Waals surface area contributed by atoms with Gasteiger partial charge in [-0.15, -0.1) is 0 Å². The molecule has 1 heterocycles. The summed E-state index contributed by atoms with van der Waals surface area (Å²) < 4.78 is 0. The Morgan fingerprint density at radius 3 is 2.75 bits per heavy atom. The van der Waals surface area contributed by atoms with Gasteiger partial charge in [-0.2, -0.15) is 0 Å². The van der Waals surface area contributed by atoms with E-state index in [9.17, 15) is 10.2 Å². The van der Waals surface area contributed by atoms with Crippen molar-refractivity contribution in [2.24, 2.45) is 0 Å². The molecule has 1 atom stereocenters. The van der Waals surface area contributed by atoms with E-state index in [0.29, 0.717) is 17.8 Å². The lowest BCUT2D eigenvalue weighted by Crippen LogP contribution is -2.55. The van der Waals surface area contributed by atoms with Gasteiger partial charge in [0.15, 0.2) is 0 Å². The van der Waals surface area contributed by atoms with Gasteiger partial charge in [0, 0.05) is 44.9 Å². The van der Waals surface area contributed by atoms with Gasteiger partial charge in [0.25, 0.3) is 0 Å². The largest absolute Gasteiger partial charge is 0.508 e. The average Bonchev–Trinajstić information content (AvgIpc) is 2.39. The predicted molar refractivity (Wildman–Crippen MR) is 80.7 cm³/mol. The fraction of sp³-hybridized carbons (Fsp3) is 0.625. The molecule has 4 heteroatoms. The second-order valence-corrected chi connectivity index (χ2v) is 5.90. The van der Waals surface area contributed by atoms with Gasteiger partial charge < -0.3 is 10.2 Å². The standard InChI is InChI=1S/C16H26N2O2/c1-13(2)18-8-7-17(12-15(18)6-9-19)11-14-4-3-5-16(20)10-14/h3-5,10,13,15,19-20H,6-9,11-12H2,1-2H3. The number of piperazine rings is 1. The summed E-state index contributed by atoms with van der Waals surface area (Å²) in [6.45, 7) is 8.60. The van der Waals surface area contributed by atoms with Crippen molar-refractivity contribution >= 4 is 0 Å². The third-order valence-electron chi connectivity index (χ3n) is 4.05. The minimum Gasteiger partial charge on any atom is -0.508 e. The van der Waals surface area contributed by atoms with Crippen LogP contribution in [0, 0.1) is 0 Å². The predicted octanol–water partition coefficient (Wildman–Crippen LogP) is 1.67. The molecule has 1 fully saturated rings. The number of hydrogen-bond donors (Lipinski definition) is 2. The summed E-state index contributed by atoms with van der Waals surface area (Å²) in [4.78, 5) is 4.89. The van der Waals surface area contributed by atoms with Crippen LogP contribution in [0.2, 0.25) is 0 Å². The van der Waals surface area contributed by atoms with Crippen LogP contribution < -0.4 is 0 Å². The van der Waals surface area contributed by atoms with Crippen molar-refractivity contribution in [2.75, 3.05) is 26.2 Å². The second kappa shape index (κ2) is 7.07. The molecule has 1 unspecified atom stereocenters. The van der Waals surface area contributed by atoms with E-state index in [4.69, 9.17) is 0 Å². The molecule has 1 aliphatic rings. The van der Waals surface area contributed by atoms with Gasteiger partial charge in [-0.25, -0.2) is 0 Å². The third-order valence-corrected chi connectivity index (χ3v) is 4.05. The highest BCUT2D eigenvalue weighted by Crippen LogP contribution is 2.19. The van der Waals surface area contributed by atoms with Crippen molar-refractivity contribution in [1.82, 2.24) is 9.80 Å². The van der Waals surface area contributed by atoms with E-state index in [-0.39, 0.29) is 6.61 Å². The summed E-state index contributed by atoms with van der Waals surface area (Å²) in [6.07, 6.45) is 0.828. The molecular formula is C16H26N2O2. The van der Waals surface area contributed by atoms with Crippen LogP contribution in [0.3, 0.4) is 0 Å². The number of phenolic OH excluding ortho intramolecular Hbond substituents is 1. The lowest BCUT2D eigenvalue weighted by Gasteiger charge is -2.43. The van der Waals surface area contributed by atoms with Crippen LogP contribution in [0.15, 0.2) is 24.3 Å². The minimum atomic E-state index is 0.244. The average molecular weight is 278 g/mol. The van der Waals surface area contributed by atoms with Crippen LogP contribution in [0.4, 0.5) is 0 Å². The number of hydrogen-bond acceptors (Lipinski definition) is 4. The van der Waals surface area contributed by atoms with E-state index >= 15 is 0 Å². The number of rotatable bonds is 5. The molecule has 20 heavy (non-hydrogen) atoms. The Bertz CT molecular complexity index is 423. The maximum absolute atomic E-state index is 9.53. The first-order chi connectivity index (χ1) is 9.60. The quantitative estimate of drug-likeness (QED) is 0.860. The van der Waals surface area contributed by atoms with Crippen LogP contribution in [-0.4, -0.2) is 58.3 Å². The second-order valence-electron chi connectivity index (χ2n) is 5.90. The van der Waals surface area contributed by atoms with Crippen molar-refractivity contribution in [3.8, 4) is 5.75 Å². The molecule has 0 saturated carbocycles. The summed E-state index contributed by atoms with van der Waals surface area (Å²) in [5.74, 6) is 0.329. The summed E-state index contributed by atoms with van der Waals surface area (Å²) in [6, 6.07) is 8.42. The number of aromatic hydroxyl groups is 1. The molecule has 1 aliphatic heterocycles. The number of benzene rings is 1. The Morgan fingerprint density at radius 1 is 1.30 bits per heavy atom. The zero-order chi connectivity index (χ0) is 14.5. The van der Waals surface area contributed by atoms with E-state index in [1.54, 1.807) is 6.07 Å². The first-order valence-electron chi connectivity index (χ1n) is 7.47. The van der Waals surface area contributed by atoms with E-state index in [1.165, 1.54) is 0 Å².